The van der Waals surface area contributed by atoms with E-state index in [0.717, 1.165) is 36.7 Å². The molecule has 1 aliphatic heterocycles. The van der Waals surface area contributed by atoms with Crippen molar-refractivity contribution in [3.8, 4) is 5.75 Å². The van der Waals surface area contributed by atoms with Gasteiger partial charge in [-0.05, 0) is 36.6 Å². The van der Waals surface area contributed by atoms with Gasteiger partial charge in [-0.2, -0.15) is 0 Å². The summed E-state index contributed by atoms with van der Waals surface area (Å²) in [4.78, 5) is 4.43. The van der Waals surface area contributed by atoms with E-state index in [-0.39, 0.29) is 12.7 Å². The number of aliphatic hydroxyl groups is 1. The van der Waals surface area contributed by atoms with E-state index in [0.29, 0.717) is 0 Å². The summed E-state index contributed by atoms with van der Waals surface area (Å²) in [5, 5.41) is 10.7. The van der Waals surface area contributed by atoms with Gasteiger partial charge in [-0.25, -0.2) is 5.84 Å². The Balaban J connectivity index is 1.63. The van der Waals surface area contributed by atoms with E-state index in [4.69, 9.17) is 15.7 Å². The number of hydrogen-bond donors (Lipinski definition) is 2. The van der Waals surface area contributed by atoms with E-state index in [1.807, 2.05) is 19.1 Å². The Hall–Kier alpha value is -2.37. The average molecular weight is 325 g/mol. The molecule has 0 aromatic heterocycles. The second-order valence-corrected chi connectivity index (χ2v) is 6.03. The largest absolute Gasteiger partial charge is 0.488 e. The van der Waals surface area contributed by atoms with Crippen LogP contribution < -0.4 is 10.6 Å². The molecule has 1 atom stereocenters. The maximum Gasteiger partial charge on any atom is 0.145 e. The van der Waals surface area contributed by atoms with Gasteiger partial charge in [0.2, 0.25) is 0 Å². The monoisotopic (exact) mass is 325 g/mol. The SMILES string of the molecule is CC(CO)Oc1ccc(Cc2ccc(C3=NCCN3N)cc2)cc1. The fraction of sp³-hybridized carbons (Fsp3) is 0.316. The number of benzene rings is 2. The van der Waals surface area contributed by atoms with Gasteiger partial charge in [0.25, 0.3) is 0 Å². The summed E-state index contributed by atoms with van der Waals surface area (Å²) in [6.07, 6.45) is 0.665. The minimum Gasteiger partial charge on any atom is -0.488 e. The maximum atomic E-state index is 9.02. The number of rotatable bonds is 6. The average Bonchev–Trinajstić information content (AvgIpc) is 3.03. The van der Waals surface area contributed by atoms with Crippen molar-refractivity contribution in [3.63, 3.8) is 0 Å². The zero-order chi connectivity index (χ0) is 16.9. The van der Waals surface area contributed by atoms with Gasteiger partial charge in [0, 0.05) is 5.56 Å². The summed E-state index contributed by atoms with van der Waals surface area (Å²) >= 11 is 0. The van der Waals surface area contributed by atoms with Crippen LogP contribution in [-0.2, 0) is 6.42 Å². The third-order valence-corrected chi connectivity index (χ3v) is 4.01. The fourth-order valence-electron chi connectivity index (χ4n) is 2.68. The Labute approximate surface area is 142 Å². The number of hydrogen-bond acceptors (Lipinski definition) is 5. The Bertz CT molecular complexity index is 696. The Morgan fingerprint density at radius 2 is 1.75 bits per heavy atom. The maximum absolute atomic E-state index is 9.02. The van der Waals surface area contributed by atoms with E-state index < -0.39 is 0 Å². The lowest BCUT2D eigenvalue weighted by molar-refractivity contribution is 0.129. The minimum absolute atomic E-state index is 0.0135. The second-order valence-electron chi connectivity index (χ2n) is 6.03. The standard InChI is InChI=1S/C19H23N3O2/c1-14(13-23)24-18-8-4-16(5-9-18)12-15-2-6-17(7-3-15)19-21-10-11-22(19)20/h2-9,14,23H,10-13,20H2,1H3. The van der Waals surface area contributed by atoms with Crippen molar-refractivity contribution in [1.82, 2.24) is 5.01 Å². The first kappa shape index (κ1) is 16.5. The smallest absolute Gasteiger partial charge is 0.145 e. The first-order valence-electron chi connectivity index (χ1n) is 8.18. The quantitative estimate of drug-likeness (QED) is 0.797. The molecule has 1 heterocycles. The number of aliphatic imine (C=N–C) groups is 1. The Morgan fingerprint density at radius 3 is 2.29 bits per heavy atom. The molecule has 0 aliphatic carbocycles. The zero-order valence-corrected chi connectivity index (χ0v) is 13.9. The highest BCUT2D eigenvalue weighted by Crippen LogP contribution is 2.17. The molecule has 2 aromatic carbocycles. The van der Waals surface area contributed by atoms with Crippen LogP contribution in [0.5, 0.6) is 5.75 Å². The summed E-state index contributed by atoms with van der Waals surface area (Å²) in [6, 6.07) is 16.3. The lowest BCUT2D eigenvalue weighted by Gasteiger charge is -2.14. The summed E-state index contributed by atoms with van der Waals surface area (Å²) < 4.78 is 5.57. The molecule has 1 unspecified atom stereocenters. The number of nitrogens with zero attached hydrogens (tertiary/aromatic N) is 2. The third kappa shape index (κ3) is 3.93. The molecule has 2 aromatic rings. The summed E-state index contributed by atoms with van der Waals surface area (Å²) in [5.74, 6) is 7.54. The first-order valence-corrected chi connectivity index (χ1v) is 8.18. The summed E-state index contributed by atoms with van der Waals surface area (Å²) in [7, 11) is 0. The molecule has 3 rings (SSSR count). The fourth-order valence-corrected chi connectivity index (χ4v) is 2.68. The van der Waals surface area contributed by atoms with E-state index in [2.05, 4.69) is 41.4 Å². The van der Waals surface area contributed by atoms with E-state index in [9.17, 15) is 0 Å². The number of amidine groups is 1. The number of hydrazine groups is 1. The van der Waals surface area contributed by atoms with Crippen molar-refractivity contribution in [3.05, 3.63) is 65.2 Å². The van der Waals surface area contributed by atoms with Crippen LogP contribution in [0.1, 0.15) is 23.6 Å². The molecule has 0 saturated heterocycles. The lowest BCUT2D eigenvalue weighted by Crippen LogP contribution is -2.34. The van der Waals surface area contributed by atoms with Crippen LogP contribution in [0, 0.1) is 0 Å². The molecule has 1 aliphatic rings. The predicted molar refractivity (Wildman–Crippen MR) is 95.2 cm³/mol. The summed E-state index contributed by atoms with van der Waals surface area (Å²) in [5.41, 5.74) is 3.50. The van der Waals surface area contributed by atoms with E-state index in [1.165, 1.54) is 11.1 Å². The van der Waals surface area contributed by atoms with Crippen LogP contribution in [0.3, 0.4) is 0 Å². The minimum atomic E-state index is -0.191. The molecule has 5 heteroatoms. The molecule has 5 nitrogen and oxygen atoms in total. The van der Waals surface area contributed by atoms with E-state index in [1.54, 1.807) is 5.01 Å². The summed E-state index contributed by atoms with van der Waals surface area (Å²) in [6.45, 7) is 3.39. The van der Waals surface area contributed by atoms with Gasteiger partial charge in [0.1, 0.15) is 17.7 Å². The highest BCUT2D eigenvalue weighted by molar-refractivity contribution is 5.99. The van der Waals surface area contributed by atoms with Crippen molar-refractivity contribution in [1.29, 1.82) is 0 Å². The number of aliphatic hydroxyl groups excluding tert-OH is 1. The normalized spacial score (nSPS) is 15.3. The van der Waals surface area contributed by atoms with Gasteiger partial charge in [-0.15, -0.1) is 0 Å². The Kier molecular flexibility index (Phi) is 5.13. The topological polar surface area (TPSA) is 71.1 Å². The van der Waals surface area contributed by atoms with Crippen molar-refractivity contribution < 1.29 is 9.84 Å². The molecular weight excluding hydrogens is 302 g/mol. The molecule has 0 saturated carbocycles. The highest BCUT2D eigenvalue weighted by Gasteiger charge is 2.14. The van der Waals surface area contributed by atoms with Crippen LogP contribution in [0.2, 0.25) is 0 Å². The molecule has 0 amide bonds. The van der Waals surface area contributed by atoms with Gasteiger partial charge < -0.3 is 9.84 Å². The van der Waals surface area contributed by atoms with Crippen LogP contribution >= 0.6 is 0 Å². The molecule has 0 bridgehead atoms. The molecule has 0 radical (unpaired) electrons. The van der Waals surface area contributed by atoms with Crippen LogP contribution in [0.25, 0.3) is 0 Å². The van der Waals surface area contributed by atoms with Crippen molar-refractivity contribution >= 4 is 5.84 Å². The highest BCUT2D eigenvalue weighted by atomic mass is 16.5. The van der Waals surface area contributed by atoms with Crippen molar-refractivity contribution in [2.45, 2.75) is 19.4 Å². The molecule has 126 valence electrons. The second kappa shape index (κ2) is 7.47. The third-order valence-electron chi connectivity index (χ3n) is 4.01. The van der Waals surface area contributed by atoms with Gasteiger partial charge in [-0.3, -0.25) is 10.0 Å². The van der Waals surface area contributed by atoms with Crippen LogP contribution in [-0.4, -0.2) is 41.8 Å². The van der Waals surface area contributed by atoms with Crippen LogP contribution in [0.15, 0.2) is 53.5 Å². The zero-order valence-electron chi connectivity index (χ0n) is 13.9. The van der Waals surface area contributed by atoms with Crippen molar-refractivity contribution in [2.75, 3.05) is 19.7 Å². The molecular formula is C19H23N3O2. The van der Waals surface area contributed by atoms with Crippen LogP contribution in [0.4, 0.5) is 0 Å². The lowest BCUT2D eigenvalue weighted by atomic mass is 10.0. The molecule has 0 spiro atoms. The van der Waals surface area contributed by atoms with Gasteiger partial charge in [-0.1, -0.05) is 36.4 Å². The first-order chi connectivity index (χ1) is 11.7. The molecule has 24 heavy (non-hydrogen) atoms. The van der Waals surface area contributed by atoms with Gasteiger partial charge in [0.15, 0.2) is 0 Å². The Morgan fingerprint density at radius 1 is 1.12 bits per heavy atom. The predicted octanol–water partition coefficient (Wildman–Crippen LogP) is 1.97. The number of ether oxygens (including phenoxy) is 1. The molecule has 0 fully saturated rings. The molecule has 3 N–H and O–H groups in total. The van der Waals surface area contributed by atoms with Gasteiger partial charge in [0.05, 0.1) is 19.7 Å². The van der Waals surface area contributed by atoms with E-state index >= 15 is 0 Å². The van der Waals surface area contributed by atoms with Crippen molar-refractivity contribution in [2.24, 2.45) is 10.8 Å². The number of nitrogens with two attached hydrogens (primary N) is 1. The van der Waals surface area contributed by atoms with Gasteiger partial charge >= 0.3 is 0 Å².